The zero-order chi connectivity index (χ0) is 19.9. The first-order valence-corrected chi connectivity index (χ1v) is 9.93. The van der Waals surface area contributed by atoms with E-state index in [2.05, 4.69) is 36.5 Å². The number of rotatable bonds is 8. The van der Waals surface area contributed by atoms with Crippen LogP contribution in [0.2, 0.25) is 5.02 Å². The standard InChI is InChI=1S/C24H25ClFNO/c1-17(18-3-9-21(25)10-4-18)27-16-15-24(19-5-11-22(26)12-6-19)20-7-13-23(28-2)14-8-20/h3-14,17,24,27H,15-16H2,1-2H3/p+1/t17-,24+/m1/s1. The average molecular weight is 399 g/mol. The van der Waals surface area contributed by atoms with E-state index in [1.165, 1.54) is 23.3 Å². The summed E-state index contributed by atoms with van der Waals surface area (Å²) in [5, 5.41) is 3.09. The van der Waals surface area contributed by atoms with E-state index in [-0.39, 0.29) is 11.7 Å². The number of nitrogens with two attached hydrogens (primary N) is 1. The van der Waals surface area contributed by atoms with Crippen molar-refractivity contribution in [3.8, 4) is 5.75 Å². The Labute approximate surface area is 171 Å². The second-order valence-corrected chi connectivity index (χ2v) is 7.47. The molecule has 0 unspecified atom stereocenters. The number of ether oxygens (including phenoxy) is 1. The van der Waals surface area contributed by atoms with E-state index in [0.717, 1.165) is 29.3 Å². The summed E-state index contributed by atoms with van der Waals surface area (Å²) < 4.78 is 18.7. The van der Waals surface area contributed by atoms with Gasteiger partial charge in [-0.1, -0.05) is 48.0 Å². The summed E-state index contributed by atoms with van der Waals surface area (Å²) in [4.78, 5) is 0. The maximum Gasteiger partial charge on any atom is 0.123 e. The van der Waals surface area contributed by atoms with Crippen molar-refractivity contribution in [3.05, 3.63) is 100 Å². The second kappa shape index (κ2) is 9.72. The Morgan fingerprint density at radius 1 is 0.857 bits per heavy atom. The Kier molecular flexibility index (Phi) is 7.07. The Hall–Kier alpha value is -2.36. The van der Waals surface area contributed by atoms with Crippen molar-refractivity contribution in [1.82, 2.24) is 0 Å². The Morgan fingerprint density at radius 3 is 1.96 bits per heavy atom. The largest absolute Gasteiger partial charge is 0.497 e. The van der Waals surface area contributed by atoms with Crippen LogP contribution in [0.5, 0.6) is 5.75 Å². The van der Waals surface area contributed by atoms with Crippen molar-refractivity contribution >= 4 is 11.6 Å². The fraction of sp³-hybridized carbons (Fsp3) is 0.250. The highest BCUT2D eigenvalue weighted by Crippen LogP contribution is 2.29. The van der Waals surface area contributed by atoms with Crippen molar-refractivity contribution in [1.29, 1.82) is 0 Å². The fourth-order valence-electron chi connectivity index (χ4n) is 3.47. The van der Waals surface area contributed by atoms with Gasteiger partial charge in [-0.25, -0.2) is 4.39 Å². The molecule has 0 aliphatic carbocycles. The lowest BCUT2D eigenvalue weighted by Crippen LogP contribution is -2.84. The van der Waals surface area contributed by atoms with Gasteiger partial charge in [0.05, 0.1) is 13.7 Å². The minimum Gasteiger partial charge on any atom is -0.497 e. The van der Waals surface area contributed by atoms with Gasteiger partial charge in [0.25, 0.3) is 0 Å². The summed E-state index contributed by atoms with van der Waals surface area (Å²) in [6, 6.07) is 23.3. The van der Waals surface area contributed by atoms with Crippen LogP contribution in [0.15, 0.2) is 72.8 Å². The molecule has 3 aromatic carbocycles. The van der Waals surface area contributed by atoms with Gasteiger partial charge in [-0.05, 0) is 54.4 Å². The highest BCUT2D eigenvalue weighted by atomic mass is 35.5. The van der Waals surface area contributed by atoms with Crippen molar-refractivity contribution in [3.63, 3.8) is 0 Å². The van der Waals surface area contributed by atoms with E-state index in [0.29, 0.717) is 6.04 Å². The number of hydrogen-bond donors (Lipinski definition) is 1. The molecule has 0 radical (unpaired) electrons. The lowest BCUT2D eigenvalue weighted by Gasteiger charge is -2.19. The molecule has 3 aromatic rings. The van der Waals surface area contributed by atoms with E-state index >= 15 is 0 Å². The maximum absolute atomic E-state index is 13.4. The zero-order valence-corrected chi connectivity index (χ0v) is 17.0. The summed E-state index contributed by atoms with van der Waals surface area (Å²) in [6.07, 6.45) is 0.954. The normalized spacial score (nSPS) is 13.1. The Balaban J connectivity index is 1.71. The van der Waals surface area contributed by atoms with Gasteiger partial charge in [0.1, 0.15) is 17.6 Å². The highest BCUT2D eigenvalue weighted by molar-refractivity contribution is 6.30. The SMILES string of the molecule is COc1ccc([C@@H](CC[NH2+][C@H](C)c2ccc(Cl)cc2)c2ccc(F)cc2)cc1. The third-order valence-electron chi connectivity index (χ3n) is 5.16. The minimum atomic E-state index is -0.208. The maximum atomic E-state index is 13.4. The van der Waals surface area contributed by atoms with Crippen LogP contribution in [0.1, 0.15) is 42.0 Å². The summed E-state index contributed by atoms with van der Waals surface area (Å²) in [5.74, 6) is 0.838. The quantitative estimate of drug-likeness (QED) is 0.545. The number of quaternary nitrogens is 1. The van der Waals surface area contributed by atoms with Crippen molar-refractivity contribution in [2.45, 2.75) is 25.3 Å². The van der Waals surface area contributed by atoms with Gasteiger partial charge < -0.3 is 10.1 Å². The predicted molar refractivity (Wildman–Crippen MR) is 113 cm³/mol. The molecule has 0 saturated carbocycles. The molecule has 0 heterocycles. The van der Waals surface area contributed by atoms with Gasteiger partial charge in [0.15, 0.2) is 0 Å². The van der Waals surface area contributed by atoms with Gasteiger partial charge in [0.2, 0.25) is 0 Å². The van der Waals surface area contributed by atoms with Gasteiger partial charge in [0, 0.05) is 22.9 Å². The smallest absolute Gasteiger partial charge is 0.123 e. The van der Waals surface area contributed by atoms with Crippen LogP contribution in [0, 0.1) is 5.82 Å². The first kappa shape index (κ1) is 20.4. The second-order valence-electron chi connectivity index (χ2n) is 7.03. The Morgan fingerprint density at radius 2 is 1.39 bits per heavy atom. The number of methoxy groups -OCH3 is 1. The monoisotopic (exact) mass is 398 g/mol. The molecule has 2 nitrogen and oxygen atoms in total. The lowest BCUT2D eigenvalue weighted by atomic mass is 9.88. The molecular weight excluding hydrogens is 373 g/mol. The van der Waals surface area contributed by atoms with Crippen LogP contribution in [-0.4, -0.2) is 13.7 Å². The third kappa shape index (κ3) is 5.34. The minimum absolute atomic E-state index is 0.208. The molecule has 0 aliphatic rings. The molecule has 0 saturated heterocycles. The number of halogens is 2. The molecule has 2 N–H and O–H groups in total. The molecule has 0 spiro atoms. The summed E-state index contributed by atoms with van der Waals surface area (Å²) >= 11 is 5.98. The van der Waals surface area contributed by atoms with Crippen molar-refractivity contribution in [2.75, 3.05) is 13.7 Å². The van der Waals surface area contributed by atoms with Crippen LogP contribution in [0.4, 0.5) is 4.39 Å². The van der Waals surface area contributed by atoms with Crippen LogP contribution in [0.3, 0.4) is 0 Å². The molecule has 28 heavy (non-hydrogen) atoms. The van der Waals surface area contributed by atoms with Crippen LogP contribution >= 0.6 is 11.6 Å². The summed E-state index contributed by atoms with van der Waals surface area (Å²) in [6.45, 7) is 3.15. The first-order valence-electron chi connectivity index (χ1n) is 9.55. The summed E-state index contributed by atoms with van der Waals surface area (Å²) in [5.41, 5.74) is 3.59. The van der Waals surface area contributed by atoms with Gasteiger partial charge in [-0.2, -0.15) is 0 Å². The molecule has 146 valence electrons. The van der Waals surface area contributed by atoms with Crippen LogP contribution < -0.4 is 10.1 Å². The van der Waals surface area contributed by atoms with E-state index in [1.54, 1.807) is 7.11 Å². The van der Waals surface area contributed by atoms with Gasteiger partial charge in [-0.3, -0.25) is 0 Å². The van der Waals surface area contributed by atoms with E-state index in [4.69, 9.17) is 16.3 Å². The van der Waals surface area contributed by atoms with Crippen molar-refractivity contribution < 1.29 is 14.4 Å². The van der Waals surface area contributed by atoms with Crippen LogP contribution in [-0.2, 0) is 0 Å². The summed E-state index contributed by atoms with van der Waals surface area (Å²) in [7, 11) is 1.67. The van der Waals surface area contributed by atoms with Gasteiger partial charge in [-0.15, -0.1) is 0 Å². The highest BCUT2D eigenvalue weighted by Gasteiger charge is 2.17. The third-order valence-corrected chi connectivity index (χ3v) is 5.41. The molecule has 3 rings (SSSR count). The molecule has 0 aromatic heterocycles. The Bertz CT molecular complexity index is 863. The van der Waals surface area contributed by atoms with E-state index in [9.17, 15) is 4.39 Å². The molecule has 4 heteroatoms. The average Bonchev–Trinajstić information content (AvgIpc) is 2.72. The molecule has 0 fully saturated rings. The number of hydrogen-bond acceptors (Lipinski definition) is 1. The number of benzene rings is 3. The van der Waals surface area contributed by atoms with E-state index < -0.39 is 0 Å². The van der Waals surface area contributed by atoms with Gasteiger partial charge >= 0.3 is 0 Å². The molecule has 0 bridgehead atoms. The zero-order valence-electron chi connectivity index (χ0n) is 16.2. The molecule has 2 atom stereocenters. The van der Waals surface area contributed by atoms with Crippen LogP contribution in [0.25, 0.3) is 0 Å². The van der Waals surface area contributed by atoms with Crippen molar-refractivity contribution in [2.24, 2.45) is 0 Å². The predicted octanol–water partition coefficient (Wildman–Crippen LogP) is 5.33. The fourth-order valence-corrected chi connectivity index (χ4v) is 3.60. The first-order chi connectivity index (χ1) is 13.6. The van der Waals surface area contributed by atoms with E-state index in [1.807, 2.05) is 36.4 Å². The topological polar surface area (TPSA) is 25.8 Å². The lowest BCUT2D eigenvalue weighted by molar-refractivity contribution is -0.693. The molecule has 0 aliphatic heterocycles. The molecular formula is C24H26ClFNO+. The molecule has 0 amide bonds.